The second kappa shape index (κ2) is 12.9. The zero-order chi connectivity index (χ0) is 25.2. The third-order valence-electron chi connectivity index (χ3n) is 6.65. The number of carbonyl (C=O) groups is 2. The first kappa shape index (κ1) is 25.4. The lowest BCUT2D eigenvalue weighted by molar-refractivity contribution is -0.127. The molecule has 1 aliphatic rings. The molecule has 0 saturated heterocycles. The van der Waals surface area contributed by atoms with Crippen LogP contribution in [-0.4, -0.2) is 40.9 Å². The molecule has 2 aromatic carbocycles. The van der Waals surface area contributed by atoms with Crippen LogP contribution in [0.2, 0.25) is 0 Å². The van der Waals surface area contributed by atoms with Crippen molar-refractivity contribution in [3.05, 3.63) is 95.8 Å². The summed E-state index contributed by atoms with van der Waals surface area (Å²) in [5, 5.41) is 3.26. The van der Waals surface area contributed by atoms with Crippen LogP contribution in [0.1, 0.15) is 66.7 Å². The summed E-state index contributed by atoms with van der Waals surface area (Å²) in [6, 6.07) is 22.1. The smallest absolute Gasteiger partial charge is 0.273 e. The van der Waals surface area contributed by atoms with E-state index in [9.17, 15) is 9.59 Å². The van der Waals surface area contributed by atoms with Crippen LogP contribution in [0, 0.1) is 0 Å². The van der Waals surface area contributed by atoms with E-state index in [-0.39, 0.29) is 17.9 Å². The van der Waals surface area contributed by atoms with Crippen LogP contribution >= 0.6 is 0 Å². The SMILES string of the molecule is CCOc1ccccc1[C@@H](C(=O)NC1CCCCC1)N(CCc1ccccc1)C(=O)c1ccccn1. The van der Waals surface area contributed by atoms with Gasteiger partial charge in [0.1, 0.15) is 17.5 Å². The molecule has 1 aliphatic carbocycles. The van der Waals surface area contributed by atoms with Crippen molar-refractivity contribution in [2.24, 2.45) is 0 Å². The Bertz CT molecular complexity index is 1110. The first-order valence-corrected chi connectivity index (χ1v) is 13.0. The molecule has 3 aromatic rings. The maximum absolute atomic E-state index is 14.0. The van der Waals surface area contributed by atoms with Crippen LogP contribution in [0.15, 0.2) is 79.0 Å². The molecule has 188 valence electrons. The summed E-state index contributed by atoms with van der Waals surface area (Å²) in [5.74, 6) is 0.162. The Morgan fingerprint density at radius 2 is 1.69 bits per heavy atom. The molecule has 6 nitrogen and oxygen atoms in total. The summed E-state index contributed by atoms with van der Waals surface area (Å²) in [6.07, 6.45) is 7.56. The van der Waals surface area contributed by atoms with Gasteiger partial charge in [-0.25, -0.2) is 0 Å². The number of pyridine rings is 1. The largest absolute Gasteiger partial charge is 0.494 e. The predicted octanol–water partition coefficient (Wildman–Crippen LogP) is 5.36. The average Bonchev–Trinajstić information content (AvgIpc) is 2.93. The summed E-state index contributed by atoms with van der Waals surface area (Å²) in [4.78, 5) is 33.8. The van der Waals surface area contributed by atoms with E-state index < -0.39 is 6.04 Å². The Hall–Kier alpha value is -3.67. The molecule has 2 amide bonds. The highest BCUT2D eigenvalue weighted by molar-refractivity contribution is 5.97. The van der Waals surface area contributed by atoms with Crippen molar-refractivity contribution in [3.8, 4) is 5.75 Å². The number of nitrogens with one attached hydrogen (secondary N) is 1. The summed E-state index contributed by atoms with van der Waals surface area (Å²) in [6.45, 7) is 2.74. The van der Waals surface area contributed by atoms with Crippen LogP contribution in [0.3, 0.4) is 0 Å². The van der Waals surface area contributed by atoms with Gasteiger partial charge in [0, 0.05) is 24.3 Å². The highest BCUT2D eigenvalue weighted by Gasteiger charge is 2.35. The summed E-state index contributed by atoms with van der Waals surface area (Å²) < 4.78 is 5.92. The number of benzene rings is 2. The van der Waals surface area contributed by atoms with Gasteiger partial charge in [-0.2, -0.15) is 0 Å². The highest BCUT2D eigenvalue weighted by Crippen LogP contribution is 2.32. The van der Waals surface area contributed by atoms with Gasteiger partial charge in [-0.05, 0) is 49.9 Å². The van der Waals surface area contributed by atoms with Gasteiger partial charge in [0.25, 0.3) is 5.91 Å². The molecule has 1 saturated carbocycles. The number of amides is 2. The number of rotatable bonds is 10. The Morgan fingerprint density at radius 1 is 0.972 bits per heavy atom. The minimum atomic E-state index is -0.840. The second-order valence-electron chi connectivity index (χ2n) is 9.17. The zero-order valence-electron chi connectivity index (χ0n) is 20.9. The molecular formula is C30H35N3O3. The van der Waals surface area contributed by atoms with E-state index in [4.69, 9.17) is 4.74 Å². The van der Waals surface area contributed by atoms with Crippen molar-refractivity contribution < 1.29 is 14.3 Å². The standard InChI is InChI=1S/C30H35N3O3/c1-2-36-27-19-10-9-17-25(27)28(29(34)32-24-15-7-4-8-16-24)33(22-20-23-13-5-3-6-14-23)30(35)26-18-11-12-21-31-26/h3,5-6,9-14,17-19,21,24,28H,2,4,7-8,15-16,20,22H2,1H3,(H,32,34)/t28-/m0/s1. The van der Waals surface area contributed by atoms with Gasteiger partial charge in [0.15, 0.2) is 0 Å². The Balaban J connectivity index is 1.73. The first-order chi connectivity index (χ1) is 17.7. The quantitative estimate of drug-likeness (QED) is 0.420. The third-order valence-corrected chi connectivity index (χ3v) is 6.65. The number of carbonyl (C=O) groups excluding carboxylic acids is 2. The summed E-state index contributed by atoms with van der Waals surface area (Å²) in [5.41, 5.74) is 2.10. The lowest BCUT2D eigenvalue weighted by Gasteiger charge is -2.34. The van der Waals surface area contributed by atoms with Gasteiger partial charge in [0.05, 0.1) is 6.61 Å². The number of aromatic nitrogens is 1. The van der Waals surface area contributed by atoms with E-state index in [1.54, 1.807) is 29.3 Å². The van der Waals surface area contributed by atoms with Crippen molar-refractivity contribution in [2.45, 2.75) is 57.5 Å². The number of nitrogens with zero attached hydrogens (tertiary/aromatic N) is 2. The molecule has 0 bridgehead atoms. The van der Waals surface area contributed by atoms with Crippen molar-refractivity contribution >= 4 is 11.8 Å². The molecule has 1 N–H and O–H groups in total. The summed E-state index contributed by atoms with van der Waals surface area (Å²) >= 11 is 0. The number of hydrogen-bond acceptors (Lipinski definition) is 4. The monoisotopic (exact) mass is 485 g/mol. The average molecular weight is 486 g/mol. The van der Waals surface area contributed by atoms with Gasteiger partial charge < -0.3 is 15.0 Å². The van der Waals surface area contributed by atoms with Crippen LogP contribution in [0.25, 0.3) is 0 Å². The topological polar surface area (TPSA) is 71.5 Å². The fraction of sp³-hybridized carbons (Fsp3) is 0.367. The van der Waals surface area contributed by atoms with E-state index in [1.807, 2.05) is 61.5 Å². The number of para-hydroxylation sites is 1. The minimum Gasteiger partial charge on any atom is -0.494 e. The van der Waals surface area contributed by atoms with Crippen molar-refractivity contribution in [3.63, 3.8) is 0 Å². The van der Waals surface area contributed by atoms with Gasteiger partial charge >= 0.3 is 0 Å². The predicted molar refractivity (Wildman–Crippen MR) is 141 cm³/mol. The highest BCUT2D eigenvalue weighted by atomic mass is 16.5. The van der Waals surface area contributed by atoms with E-state index in [0.717, 1.165) is 31.2 Å². The van der Waals surface area contributed by atoms with Crippen molar-refractivity contribution in [2.75, 3.05) is 13.2 Å². The van der Waals surface area contributed by atoms with Gasteiger partial charge in [0.2, 0.25) is 5.91 Å². The van der Waals surface area contributed by atoms with Gasteiger partial charge in [-0.1, -0.05) is 73.9 Å². The van der Waals surface area contributed by atoms with Gasteiger partial charge in [-0.3, -0.25) is 14.6 Å². The molecule has 1 fully saturated rings. The van der Waals surface area contributed by atoms with E-state index in [0.29, 0.717) is 36.6 Å². The molecule has 36 heavy (non-hydrogen) atoms. The van der Waals surface area contributed by atoms with Crippen molar-refractivity contribution in [1.29, 1.82) is 0 Å². The molecule has 0 radical (unpaired) electrons. The minimum absolute atomic E-state index is 0.119. The van der Waals surface area contributed by atoms with Crippen LogP contribution in [-0.2, 0) is 11.2 Å². The number of hydrogen-bond donors (Lipinski definition) is 1. The zero-order valence-corrected chi connectivity index (χ0v) is 20.9. The van der Waals surface area contributed by atoms with Crippen LogP contribution in [0.5, 0.6) is 5.75 Å². The Labute approximate surface area is 213 Å². The molecule has 0 unspecified atom stereocenters. The summed E-state index contributed by atoms with van der Waals surface area (Å²) in [7, 11) is 0. The Morgan fingerprint density at radius 3 is 2.42 bits per heavy atom. The maximum atomic E-state index is 14.0. The second-order valence-corrected chi connectivity index (χ2v) is 9.17. The fourth-order valence-electron chi connectivity index (χ4n) is 4.85. The molecular weight excluding hydrogens is 450 g/mol. The number of ether oxygens (including phenoxy) is 1. The fourth-order valence-corrected chi connectivity index (χ4v) is 4.85. The van der Waals surface area contributed by atoms with Crippen LogP contribution < -0.4 is 10.1 Å². The molecule has 6 heteroatoms. The Kier molecular flexibility index (Phi) is 9.09. The third kappa shape index (κ3) is 6.51. The first-order valence-electron chi connectivity index (χ1n) is 13.0. The lowest BCUT2D eigenvalue weighted by Crippen LogP contribution is -2.48. The van der Waals surface area contributed by atoms with Crippen molar-refractivity contribution in [1.82, 2.24) is 15.2 Å². The van der Waals surface area contributed by atoms with E-state index >= 15 is 0 Å². The van der Waals surface area contributed by atoms with Crippen LogP contribution in [0.4, 0.5) is 0 Å². The molecule has 0 aliphatic heterocycles. The molecule has 1 aromatic heterocycles. The molecule has 1 atom stereocenters. The van der Waals surface area contributed by atoms with Gasteiger partial charge in [-0.15, -0.1) is 0 Å². The lowest BCUT2D eigenvalue weighted by atomic mass is 9.94. The molecule has 1 heterocycles. The van der Waals surface area contributed by atoms with E-state index in [1.165, 1.54) is 6.42 Å². The molecule has 4 rings (SSSR count). The van der Waals surface area contributed by atoms with E-state index in [2.05, 4.69) is 10.3 Å². The normalized spacial score (nSPS) is 14.6. The maximum Gasteiger partial charge on any atom is 0.273 e. The molecule has 0 spiro atoms.